The minimum Gasteiger partial charge on any atom is -0.350 e. The molecule has 1 amide bonds. The molecule has 2 aromatic heterocycles. The lowest BCUT2D eigenvalue weighted by Crippen LogP contribution is -2.59. The molecular weight excluding hydrogens is 374 g/mol. The van der Waals surface area contributed by atoms with E-state index in [0.717, 1.165) is 59.5 Å². The van der Waals surface area contributed by atoms with E-state index in [4.69, 9.17) is 4.52 Å². The number of hydrogen-bond acceptors (Lipinski definition) is 3. The van der Waals surface area contributed by atoms with Crippen LogP contribution >= 0.6 is 0 Å². The number of amides is 1. The zero-order chi connectivity index (χ0) is 20.3. The van der Waals surface area contributed by atoms with Gasteiger partial charge in [0.25, 0.3) is 5.91 Å². The fraction of sp³-hybridized carbons (Fsp3) is 0.440. The van der Waals surface area contributed by atoms with Gasteiger partial charge in [-0.15, -0.1) is 0 Å². The van der Waals surface area contributed by atoms with Gasteiger partial charge in [0.15, 0.2) is 0 Å². The van der Waals surface area contributed by atoms with Crippen molar-refractivity contribution in [2.24, 2.45) is 17.8 Å². The standard InChI is InChI=1S/C25H27N3O2/c1-16-22(20-4-6-21(7-5-20)28-8-2-3-9-28)23(30-27-16)24(29)26-25-13-17-10-18(14-25)12-19(11-17)15-25/h2-9,17-19H,10-15H2,1H3,(H,26,29). The predicted octanol–water partition coefficient (Wildman–Crippen LogP) is 5.14. The number of aromatic nitrogens is 2. The van der Waals surface area contributed by atoms with Crippen molar-refractivity contribution in [1.29, 1.82) is 0 Å². The molecule has 0 atom stereocenters. The Labute approximate surface area is 176 Å². The number of nitrogens with one attached hydrogen (secondary N) is 1. The van der Waals surface area contributed by atoms with Gasteiger partial charge in [-0.1, -0.05) is 17.3 Å². The minimum absolute atomic E-state index is 0.0396. The Balaban J connectivity index is 1.28. The van der Waals surface area contributed by atoms with Gasteiger partial charge < -0.3 is 14.4 Å². The zero-order valence-electron chi connectivity index (χ0n) is 17.3. The van der Waals surface area contributed by atoms with E-state index in [2.05, 4.69) is 27.2 Å². The van der Waals surface area contributed by atoms with Gasteiger partial charge in [0.2, 0.25) is 5.76 Å². The lowest BCUT2D eigenvalue weighted by Gasteiger charge is -2.56. The summed E-state index contributed by atoms with van der Waals surface area (Å²) in [4.78, 5) is 13.3. The van der Waals surface area contributed by atoms with E-state index >= 15 is 0 Å². The maximum atomic E-state index is 13.3. The first-order valence-electron chi connectivity index (χ1n) is 11.1. The molecule has 3 aromatic rings. The molecule has 5 heteroatoms. The maximum absolute atomic E-state index is 13.3. The molecule has 7 rings (SSSR count). The molecule has 4 fully saturated rings. The van der Waals surface area contributed by atoms with E-state index in [0.29, 0.717) is 5.76 Å². The summed E-state index contributed by atoms with van der Waals surface area (Å²) in [6.07, 6.45) is 11.5. The van der Waals surface area contributed by atoms with Crippen molar-refractivity contribution in [2.45, 2.75) is 51.0 Å². The Hall–Kier alpha value is -2.82. The van der Waals surface area contributed by atoms with E-state index in [9.17, 15) is 4.79 Å². The molecule has 0 unspecified atom stereocenters. The van der Waals surface area contributed by atoms with Crippen molar-refractivity contribution in [3.63, 3.8) is 0 Å². The smallest absolute Gasteiger partial charge is 0.290 e. The van der Waals surface area contributed by atoms with E-state index in [1.54, 1.807) is 0 Å². The molecule has 1 aromatic carbocycles. The van der Waals surface area contributed by atoms with Gasteiger partial charge in [0.1, 0.15) is 0 Å². The Morgan fingerprint density at radius 2 is 1.63 bits per heavy atom. The molecule has 1 N–H and O–H groups in total. The van der Waals surface area contributed by atoms with Gasteiger partial charge in [-0.05, 0) is 93.0 Å². The highest BCUT2D eigenvalue weighted by atomic mass is 16.5. The van der Waals surface area contributed by atoms with Crippen molar-refractivity contribution in [2.75, 3.05) is 0 Å². The van der Waals surface area contributed by atoms with Crippen LogP contribution in [-0.4, -0.2) is 21.2 Å². The van der Waals surface area contributed by atoms with E-state index < -0.39 is 0 Å². The molecule has 5 nitrogen and oxygen atoms in total. The van der Waals surface area contributed by atoms with Crippen LogP contribution < -0.4 is 5.32 Å². The monoisotopic (exact) mass is 401 g/mol. The molecule has 154 valence electrons. The highest BCUT2D eigenvalue weighted by Crippen LogP contribution is 2.55. The summed E-state index contributed by atoms with van der Waals surface area (Å²) in [5.74, 6) is 2.59. The molecule has 4 aliphatic rings. The largest absolute Gasteiger partial charge is 0.350 e. The minimum atomic E-state index is -0.109. The third-order valence-electron chi connectivity index (χ3n) is 7.54. The summed E-state index contributed by atoms with van der Waals surface area (Å²) in [6, 6.07) is 12.2. The second-order valence-corrected chi connectivity index (χ2v) is 9.76. The van der Waals surface area contributed by atoms with Crippen LogP contribution in [0.2, 0.25) is 0 Å². The summed E-state index contributed by atoms with van der Waals surface area (Å²) in [6.45, 7) is 1.90. The summed E-state index contributed by atoms with van der Waals surface area (Å²) in [5.41, 5.74) is 3.55. The van der Waals surface area contributed by atoms with Gasteiger partial charge in [-0.2, -0.15) is 0 Å². The summed E-state index contributed by atoms with van der Waals surface area (Å²) < 4.78 is 7.62. The quantitative estimate of drug-likeness (QED) is 0.658. The Morgan fingerprint density at radius 1 is 1.03 bits per heavy atom. The molecule has 4 saturated carbocycles. The Morgan fingerprint density at radius 3 is 2.23 bits per heavy atom. The van der Waals surface area contributed by atoms with E-state index in [1.807, 2.05) is 43.6 Å². The third-order valence-corrected chi connectivity index (χ3v) is 7.54. The molecule has 0 radical (unpaired) electrons. The molecular formula is C25H27N3O2. The van der Waals surface area contributed by atoms with E-state index in [1.165, 1.54) is 19.3 Å². The van der Waals surface area contributed by atoms with Crippen molar-refractivity contribution >= 4 is 5.91 Å². The molecule has 2 heterocycles. The number of carbonyl (C=O) groups is 1. The van der Waals surface area contributed by atoms with Crippen LogP contribution in [0.5, 0.6) is 0 Å². The topological polar surface area (TPSA) is 60.1 Å². The van der Waals surface area contributed by atoms with Gasteiger partial charge in [-0.25, -0.2) is 0 Å². The molecule has 4 aliphatic carbocycles. The van der Waals surface area contributed by atoms with Gasteiger partial charge >= 0.3 is 0 Å². The third kappa shape index (κ3) is 2.91. The Kier molecular flexibility index (Phi) is 3.95. The normalized spacial score (nSPS) is 29.3. The summed E-state index contributed by atoms with van der Waals surface area (Å²) in [7, 11) is 0. The van der Waals surface area contributed by atoms with Crippen LogP contribution in [0.25, 0.3) is 16.8 Å². The van der Waals surface area contributed by atoms with Crippen LogP contribution in [0.4, 0.5) is 0 Å². The van der Waals surface area contributed by atoms with E-state index in [-0.39, 0.29) is 11.4 Å². The molecule has 0 aliphatic heterocycles. The lowest BCUT2D eigenvalue weighted by molar-refractivity contribution is -0.0172. The summed E-state index contributed by atoms with van der Waals surface area (Å²) in [5, 5.41) is 7.56. The number of aryl methyl sites for hydroxylation is 1. The number of nitrogens with zero attached hydrogens (tertiary/aromatic N) is 2. The first-order chi connectivity index (χ1) is 14.6. The van der Waals surface area contributed by atoms with Crippen LogP contribution in [0, 0.1) is 24.7 Å². The fourth-order valence-corrected chi connectivity index (χ4v) is 6.73. The van der Waals surface area contributed by atoms with Crippen LogP contribution in [-0.2, 0) is 0 Å². The molecule has 0 spiro atoms. The number of rotatable bonds is 4. The van der Waals surface area contributed by atoms with Crippen molar-refractivity contribution in [3.8, 4) is 16.8 Å². The van der Waals surface area contributed by atoms with Crippen LogP contribution in [0.3, 0.4) is 0 Å². The van der Waals surface area contributed by atoms with Crippen molar-refractivity contribution in [3.05, 3.63) is 60.2 Å². The van der Waals surface area contributed by atoms with Crippen LogP contribution in [0.1, 0.15) is 54.8 Å². The van der Waals surface area contributed by atoms with Gasteiger partial charge in [-0.3, -0.25) is 4.79 Å². The van der Waals surface area contributed by atoms with Gasteiger partial charge in [0, 0.05) is 23.6 Å². The number of hydrogen-bond donors (Lipinski definition) is 1. The molecule has 30 heavy (non-hydrogen) atoms. The lowest BCUT2D eigenvalue weighted by atomic mass is 9.53. The molecule has 4 bridgehead atoms. The average Bonchev–Trinajstić information content (AvgIpc) is 3.37. The molecule has 0 saturated heterocycles. The number of carbonyl (C=O) groups excluding carboxylic acids is 1. The maximum Gasteiger partial charge on any atom is 0.290 e. The fourth-order valence-electron chi connectivity index (χ4n) is 6.73. The first-order valence-corrected chi connectivity index (χ1v) is 11.1. The number of benzene rings is 1. The SMILES string of the molecule is Cc1noc(C(=O)NC23CC4CC(CC(C4)C2)C3)c1-c1ccc(-n2cccc2)cc1. The van der Waals surface area contributed by atoms with Crippen molar-refractivity contribution in [1.82, 2.24) is 15.0 Å². The second-order valence-electron chi connectivity index (χ2n) is 9.76. The summed E-state index contributed by atoms with van der Waals surface area (Å²) >= 11 is 0. The van der Waals surface area contributed by atoms with Crippen LogP contribution in [0.15, 0.2) is 53.3 Å². The first kappa shape index (κ1) is 18.0. The highest BCUT2D eigenvalue weighted by Gasteiger charge is 2.51. The zero-order valence-corrected chi connectivity index (χ0v) is 17.3. The van der Waals surface area contributed by atoms with Gasteiger partial charge in [0.05, 0.1) is 11.3 Å². The average molecular weight is 402 g/mol. The Bertz CT molecular complexity index is 1040. The predicted molar refractivity (Wildman–Crippen MR) is 114 cm³/mol. The van der Waals surface area contributed by atoms with Crippen molar-refractivity contribution < 1.29 is 9.32 Å². The second kappa shape index (κ2) is 6.59. The highest BCUT2D eigenvalue weighted by molar-refractivity contribution is 5.99.